The number of carbonyl (C=O) groups is 1. The van der Waals surface area contributed by atoms with Gasteiger partial charge in [0, 0.05) is 51.3 Å². The maximum atomic E-state index is 11.9. The molecule has 2 aliphatic heterocycles. The van der Waals surface area contributed by atoms with E-state index in [1.165, 1.54) is 0 Å². The SMILES string of the molecule is CCNC(=NCc1ccc(N2CCCC2=O)cc1)N1CCC(COCCOC)C1. The third kappa shape index (κ3) is 6.18. The second kappa shape index (κ2) is 11.2. The normalized spacial score (nSPS) is 20.0. The summed E-state index contributed by atoms with van der Waals surface area (Å²) in [7, 11) is 1.69. The molecule has 3 rings (SSSR count). The van der Waals surface area contributed by atoms with Gasteiger partial charge < -0.3 is 24.6 Å². The van der Waals surface area contributed by atoms with E-state index in [0.717, 1.165) is 62.8 Å². The Morgan fingerprint density at radius 3 is 2.76 bits per heavy atom. The largest absolute Gasteiger partial charge is 0.382 e. The maximum absolute atomic E-state index is 11.9. The fourth-order valence-corrected chi connectivity index (χ4v) is 3.85. The van der Waals surface area contributed by atoms with Crippen LogP contribution in [0, 0.1) is 5.92 Å². The molecule has 7 nitrogen and oxygen atoms in total. The van der Waals surface area contributed by atoms with Gasteiger partial charge in [-0.25, -0.2) is 4.99 Å². The first-order chi connectivity index (χ1) is 14.2. The van der Waals surface area contributed by atoms with E-state index in [1.807, 2.05) is 17.0 Å². The lowest BCUT2D eigenvalue weighted by Gasteiger charge is -2.22. The second-order valence-electron chi connectivity index (χ2n) is 7.65. The highest BCUT2D eigenvalue weighted by Gasteiger charge is 2.25. The highest BCUT2D eigenvalue weighted by Crippen LogP contribution is 2.22. The molecule has 0 spiro atoms. The molecule has 0 aromatic heterocycles. The molecule has 0 aliphatic carbocycles. The monoisotopic (exact) mass is 402 g/mol. The first kappa shape index (κ1) is 21.6. The summed E-state index contributed by atoms with van der Waals surface area (Å²) in [6, 6.07) is 8.21. The number of methoxy groups -OCH3 is 1. The Bertz CT molecular complexity index is 677. The molecular formula is C22H34N4O3. The average Bonchev–Trinajstić information content (AvgIpc) is 3.38. The molecule has 1 aromatic carbocycles. The Kier molecular flexibility index (Phi) is 8.31. The Morgan fingerprint density at radius 2 is 2.07 bits per heavy atom. The van der Waals surface area contributed by atoms with Crippen molar-refractivity contribution >= 4 is 17.6 Å². The van der Waals surface area contributed by atoms with Gasteiger partial charge in [0.2, 0.25) is 5.91 Å². The zero-order valence-corrected chi connectivity index (χ0v) is 17.7. The smallest absolute Gasteiger partial charge is 0.227 e. The van der Waals surface area contributed by atoms with Crippen molar-refractivity contribution in [2.45, 2.75) is 32.7 Å². The highest BCUT2D eigenvalue weighted by molar-refractivity contribution is 5.95. The molecule has 2 heterocycles. The number of likely N-dealkylation sites (tertiary alicyclic amines) is 1. The zero-order chi connectivity index (χ0) is 20.5. The van der Waals surface area contributed by atoms with E-state index >= 15 is 0 Å². The summed E-state index contributed by atoms with van der Waals surface area (Å²) in [5.41, 5.74) is 2.14. The van der Waals surface area contributed by atoms with Crippen molar-refractivity contribution in [1.29, 1.82) is 0 Å². The van der Waals surface area contributed by atoms with E-state index in [4.69, 9.17) is 14.5 Å². The summed E-state index contributed by atoms with van der Waals surface area (Å²) >= 11 is 0. The molecule has 160 valence electrons. The van der Waals surface area contributed by atoms with Gasteiger partial charge in [0.05, 0.1) is 26.4 Å². The van der Waals surface area contributed by atoms with E-state index in [1.54, 1.807) is 7.11 Å². The summed E-state index contributed by atoms with van der Waals surface area (Å²) < 4.78 is 10.7. The summed E-state index contributed by atoms with van der Waals surface area (Å²) in [5, 5.41) is 3.42. The summed E-state index contributed by atoms with van der Waals surface area (Å²) in [4.78, 5) is 20.9. The van der Waals surface area contributed by atoms with Crippen molar-refractivity contribution in [3.8, 4) is 0 Å². The van der Waals surface area contributed by atoms with Crippen molar-refractivity contribution in [3.63, 3.8) is 0 Å². The minimum atomic E-state index is 0.222. The van der Waals surface area contributed by atoms with Crippen LogP contribution in [0.4, 0.5) is 5.69 Å². The Labute approximate surface area is 174 Å². The molecule has 2 aliphatic rings. The molecule has 1 amide bonds. The van der Waals surface area contributed by atoms with Crippen molar-refractivity contribution < 1.29 is 14.3 Å². The Hall–Kier alpha value is -2.12. The van der Waals surface area contributed by atoms with Gasteiger partial charge in [0.25, 0.3) is 0 Å². The molecule has 1 N–H and O–H groups in total. The van der Waals surface area contributed by atoms with Gasteiger partial charge in [-0.1, -0.05) is 12.1 Å². The van der Waals surface area contributed by atoms with Crippen molar-refractivity contribution in [2.24, 2.45) is 10.9 Å². The number of nitrogens with zero attached hydrogens (tertiary/aromatic N) is 3. The summed E-state index contributed by atoms with van der Waals surface area (Å²) in [6.07, 6.45) is 2.73. The number of carbonyl (C=O) groups excluding carboxylic acids is 1. The van der Waals surface area contributed by atoms with Crippen LogP contribution in [-0.2, 0) is 20.8 Å². The van der Waals surface area contributed by atoms with Crippen molar-refractivity contribution in [2.75, 3.05) is 58.0 Å². The lowest BCUT2D eigenvalue weighted by molar-refractivity contribution is -0.117. The summed E-state index contributed by atoms with van der Waals surface area (Å²) in [5.74, 6) is 1.72. The number of aliphatic imine (C=N–C) groups is 1. The number of nitrogens with one attached hydrogen (secondary N) is 1. The third-order valence-electron chi connectivity index (χ3n) is 5.44. The minimum Gasteiger partial charge on any atom is -0.382 e. The number of anilines is 1. The zero-order valence-electron chi connectivity index (χ0n) is 17.7. The highest BCUT2D eigenvalue weighted by atomic mass is 16.5. The van der Waals surface area contributed by atoms with Gasteiger partial charge in [-0.3, -0.25) is 4.79 Å². The van der Waals surface area contributed by atoms with Crippen LogP contribution >= 0.6 is 0 Å². The molecule has 1 atom stereocenters. The fourth-order valence-electron chi connectivity index (χ4n) is 3.85. The number of rotatable bonds is 9. The number of hydrogen-bond acceptors (Lipinski definition) is 4. The van der Waals surface area contributed by atoms with E-state index in [2.05, 4.69) is 29.3 Å². The van der Waals surface area contributed by atoms with Crippen LogP contribution in [0.25, 0.3) is 0 Å². The van der Waals surface area contributed by atoms with E-state index in [-0.39, 0.29) is 5.91 Å². The first-order valence-electron chi connectivity index (χ1n) is 10.7. The Balaban J connectivity index is 1.53. The number of ether oxygens (including phenoxy) is 2. The molecule has 7 heteroatoms. The Morgan fingerprint density at radius 1 is 1.24 bits per heavy atom. The molecule has 1 aromatic rings. The van der Waals surface area contributed by atoms with Gasteiger partial charge in [-0.2, -0.15) is 0 Å². The van der Waals surface area contributed by atoms with Crippen molar-refractivity contribution in [1.82, 2.24) is 10.2 Å². The molecule has 0 radical (unpaired) electrons. The van der Waals surface area contributed by atoms with Gasteiger partial charge in [0.15, 0.2) is 5.96 Å². The molecule has 0 saturated carbocycles. The molecule has 2 fully saturated rings. The van der Waals surface area contributed by atoms with Crippen LogP contribution in [0.1, 0.15) is 31.7 Å². The minimum absolute atomic E-state index is 0.222. The standard InChI is InChI=1S/C22H34N4O3/c1-3-23-22(25-12-10-19(16-25)17-29-14-13-28-2)24-15-18-6-8-20(9-7-18)26-11-4-5-21(26)27/h6-9,19H,3-5,10-17H2,1-2H3,(H,23,24). The number of amides is 1. The lowest BCUT2D eigenvalue weighted by Crippen LogP contribution is -2.40. The predicted octanol–water partition coefficient (Wildman–Crippen LogP) is 2.26. The van der Waals surface area contributed by atoms with Crippen molar-refractivity contribution in [3.05, 3.63) is 29.8 Å². The van der Waals surface area contributed by atoms with E-state index in [0.29, 0.717) is 32.1 Å². The number of hydrogen-bond donors (Lipinski definition) is 1. The third-order valence-corrected chi connectivity index (χ3v) is 5.44. The fraction of sp³-hybridized carbons (Fsp3) is 0.636. The maximum Gasteiger partial charge on any atom is 0.227 e. The van der Waals surface area contributed by atoms with Gasteiger partial charge in [-0.05, 0) is 37.5 Å². The molecule has 2 saturated heterocycles. The van der Waals surface area contributed by atoms with Gasteiger partial charge >= 0.3 is 0 Å². The van der Waals surface area contributed by atoms with Crippen LogP contribution in [0.15, 0.2) is 29.3 Å². The second-order valence-corrected chi connectivity index (χ2v) is 7.65. The van der Waals surface area contributed by atoms with Crippen LogP contribution in [0.5, 0.6) is 0 Å². The molecule has 29 heavy (non-hydrogen) atoms. The van der Waals surface area contributed by atoms with Crippen LogP contribution in [-0.4, -0.2) is 69.9 Å². The average molecular weight is 403 g/mol. The van der Waals surface area contributed by atoms with E-state index < -0.39 is 0 Å². The van der Waals surface area contributed by atoms with Crippen LogP contribution in [0.2, 0.25) is 0 Å². The van der Waals surface area contributed by atoms with Gasteiger partial charge in [-0.15, -0.1) is 0 Å². The predicted molar refractivity (Wildman–Crippen MR) is 115 cm³/mol. The quantitative estimate of drug-likeness (QED) is 0.390. The lowest BCUT2D eigenvalue weighted by atomic mass is 10.1. The molecular weight excluding hydrogens is 368 g/mol. The van der Waals surface area contributed by atoms with Crippen LogP contribution in [0.3, 0.4) is 0 Å². The van der Waals surface area contributed by atoms with Gasteiger partial charge in [0.1, 0.15) is 0 Å². The first-order valence-corrected chi connectivity index (χ1v) is 10.7. The topological polar surface area (TPSA) is 66.4 Å². The van der Waals surface area contributed by atoms with E-state index in [9.17, 15) is 4.79 Å². The van der Waals surface area contributed by atoms with Crippen LogP contribution < -0.4 is 10.2 Å². The number of benzene rings is 1. The number of guanidine groups is 1. The summed E-state index contributed by atoms with van der Waals surface area (Å²) in [6.45, 7) is 8.43. The molecule has 0 bridgehead atoms. The molecule has 1 unspecified atom stereocenters.